The van der Waals surface area contributed by atoms with Gasteiger partial charge in [-0.15, -0.1) is 0 Å². The number of thiocarbonyl (C=S) groups is 1. The first kappa shape index (κ1) is 20.5. The summed E-state index contributed by atoms with van der Waals surface area (Å²) in [7, 11) is 0. The molecule has 0 atom stereocenters. The fourth-order valence-corrected chi connectivity index (χ4v) is 3.88. The monoisotopic (exact) mass is 441 g/mol. The summed E-state index contributed by atoms with van der Waals surface area (Å²) in [6.07, 6.45) is 1.61. The van der Waals surface area contributed by atoms with E-state index < -0.39 is 11.8 Å². The fourth-order valence-electron chi connectivity index (χ4n) is 3.48. The van der Waals surface area contributed by atoms with E-state index in [9.17, 15) is 9.59 Å². The largest absolute Gasteiger partial charge is 0.378 e. The van der Waals surface area contributed by atoms with E-state index in [1.54, 1.807) is 30.3 Å². The molecule has 8 heteroatoms. The highest BCUT2D eigenvalue weighted by Gasteiger charge is 2.34. The molecule has 2 amide bonds. The maximum Gasteiger partial charge on any atom is 0.270 e. The summed E-state index contributed by atoms with van der Waals surface area (Å²) in [5.41, 5.74) is 3.44. The van der Waals surface area contributed by atoms with Crippen LogP contribution in [0.5, 0.6) is 0 Å². The van der Waals surface area contributed by atoms with E-state index in [0.29, 0.717) is 23.9 Å². The van der Waals surface area contributed by atoms with Crippen molar-refractivity contribution in [1.29, 1.82) is 0 Å². The summed E-state index contributed by atoms with van der Waals surface area (Å²) in [5, 5.41) is 3.19. The number of carbonyl (C=O) groups excluding carboxylic acids is 2. The molecule has 0 saturated carbocycles. The molecular weight excluding hydrogens is 422 g/mol. The number of hydrogen-bond donors (Lipinski definition) is 1. The zero-order chi connectivity index (χ0) is 21.3. The molecule has 0 bridgehead atoms. The summed E-state index contributed by atoms with van der Waals surface area (Å²) in [6, 6.07) is 12.7. The summed E-state index contributed by atoms with van der Waals surface area (Å²) < 4.78 is 5.41. The Morgan fingerprint density at radius 2 is 1.73 bits per heavy atom. The number of rotatable bonds is 3. The summed E-state index contributed by atoms with van der Waals surface area (Å²) in [4.78, 5) is 29.2. The van der Waals surface area contributed by atoms with Crippen LogP contribution in [-0.2, 0) is 14.3 Å². The van der Waals surface area contributed by atoms with Crippen molar-refractivity contribution in [1.82, 2.24) is 5.32 Å². The maximum absolute atomic E-state index is 13.1. The Hall–Kier alpha value is -2.74. The minimum absolute atomic E-state index is 0.0285. The van der Waals surface area contributed by atoms with Crippen LogP contribution in [0.2, 0.25) is 5.02 Å². The first-order valence-corrected chi connectivity index (χ1v) is 10.3. The van der Waals surface area contributed by atoms with E-state index in [2.05, 4.69) is 16.3 Å². The van der Waals surface area contributed by atoms with Gasteiger partial charge in [-0.05, 0) is 72.7 Å². The van der Waals surface area contributed by atoms with E-state index in [1.165, 1.54) is 4.90 Å². The van der Waals surface area contributed by atoms with E-state index in [1.807, 2.05) is 19.1 Å². The second kappa shape index (κ2) is 8.55. The van der Waals surface area contributed by atoms with Gasteiger partial charge in [0.1, 0.15) is 5.57 Å². The zero-order valence-electron chi connectivity index (χ0n) is 16.4. The lowest BCUT2D eigenvalue weighted by Gasteiger charge is -2.30. The van der Waals surface area contributed by atoms with Gasteiger partial charge in [0.25, 0.3) is 11.8 Å². The van der Waals surface area contributed by atoms with Crippen molar-refractivity contribution in [3.63, 3.8) is 0 Å². The van der Waals surface area contributed by atoms with Crippen LogP contribution in [0.25, 0.3) is 6.08 Å². The van der Waals surface area contributed by atoms with Gasteiger partial charge in [-0.3, -0.25) is 19.8 Å². The van der Waals surface area contributed by atoms with Crippen LogP contribution in [0.1, 0.15) is 11.1 Å². The highest BCUT2D eigenvalue weighted by atomic mass is 35.5. The molecule has 2 aliphatic heterocycles. The molecule has 0 aliphatic carbocycles. The van der Waals surface area contributed by atoms with Crippen LogP contribution in [-0.4, -0.2) is 43.2 Å². The molecule has 2 saturated heterocycles. The molecule has 2 heterocycles. The Morgan fingerprint density at radius 3 is 2.40 bits per heavy atom. The van der Waals surface area contributed by atoms with Crippen LogP contribution in [0, 0.1) is 6.92 Å². The van der Waals surface area contributed by atoms with Crippen molar-refractivity contribution in [2.75, 3.05) is 36.1 Å². The van der Waals surface area contributed by atoms with E-state index in [4.69, 9.17) is 28.6 Å². The molecule has 30 heavy (non-hydrogen) atoms. The third-order valence-electron chi connectivity index (χ3n) is 5.12. The number of halogens is 1. The smallest absolute Gasteiger partial charge is 0.270 e. The second-order valence-electron chi connectivity index (χ2n) is 7.07. The number of aryl methyl sites for hydroxylation is 1. The molecular formula is C22H20ClN3O3S. The lowest BCUT2D eigenvalue weighted by molar-refractivity contribution is -0.122. The van der Waals surface area contributed by atoms with Gasteiger partial charge in [-0.2, -0.15) is 0 Å². The Bertz CT molecular complexity index is 1050. The molecule has 2 aliphatic rings. The van der Waals surface area contributed by atoms with E-state index in [0.717, 1.165) is 29.9 Å². The average Bonchev–Trinajstić information content (AvgIpc) is 2.74. The van der Waals surface area contributed by atoms with E-state index in [-0.39, 0.29) is 10.7 Å². The lowest BCUT2D eigenvalue weighted by Crippen LogP contribution is -2.54. The third kappa shape index (κ3) is 4.09. The fraction of sp³-hybridized carbons (Fsp3) is 0.227. The van der Waals surface area contributed by atoms with Gasteiger partial charge in [0.2, 0.25) is 0 Å². The van der Waals surface area contributed by atoms with Gasteiger partial charge in [0.05, 0.1) is 18.9 Å². The quantitative estimate of drug-likeness (QED) is 0.450. The number of nitrogens with one attached hydrogen (secondary N) is 1. The van der Waals surface area contributed by atoms with Crippen molar-refractivity contribution >= 4 is 58.2 Å². The van der Waals surface area contributed by atoms with Gasteiger partial charge in [-0.1, -0.05) is 17.7 Å². The van der Waals surface area contributed by atoms with Crippen molar-refractivity contribution in [2.24, 2.45) is 0 Å². The molecule has 2 fully saturated rings. The zero-order valence-corrected chi connectivity index (χ0v) is 17.9. The van der Waals surface area contributed by atoms with Gasteiger partial charge in [0.15, 0.2) is 5.11 Å². The first-order chi connectivity index (χ1) is 14.4. The molecule has 0 spiro atoms. The van der Waals surface area contributed by atoms with Crippen LogP contribution >= 0.6 is 23.8 Å². The second-order valence-corrected chi connectivity index (χ2v) is 7.90. The molecule has 2 aromatic rings. The predicted molar refractivity (Wildman–Crippen MR) is 122 cm³/mol. The van der Waals surface area contributed by atoms with Crippen molar-refractivity contribution in [2.45, 2.75) is 6.92 Å². The van der Waals surface area contributed by atoms with Crippen molar-refractivity contribution in [3.8, 4) is 0 Å². The van der Waals surface area contributed by atoms with Gasteiger partial charge in [0, 0.05) is 23.8 Å². The van der Waals surface area contributed by atoms with Gasteiger partial charge >= 0.3 is 0 Å². The topological polar surface area (TPSA) is 61.9 Å². The number of benzene rings is 2. The molecule has 0 unspecified atom stereocenters. The highest BCUT2D eigenvalue weighted by molar-refractivity contribution is 7.80. The molecule has 4 rings (SSSR count). The molecule has 6 nitrogen and oxygen atoms in total. The van der Waals surface area contributed by atoms with E-state index >= 15 is 0 Å². The standard InChI is InChI=1S/C22H20ClN3O3S/c1-14-12-18(25-8-10-29-11-9-25)5-2-15(14)13-19-20(27)24-22(30)26(21(19)28)17-6-3-16(23)4-7-17/h2-7,12-13H,8-11H2,1H3,(H,24,27,30). The highest BCUT2D eigenvalue weighted by Crippen LogP contribution is 2.26. The Kier molecular flexibility index (Phi) is 5.85. The van der Waals surface area contributed by atoms with Crippen LogP contribution in [0.3, 0.4) is 0 Å². The number of hydrogen-bond acceptors (Lipinski definition) is 5. The molecule has 0 radical (unpaired) electrons. The number of ether oxygens (including phenoxy) is 1. The van der Waals surface area contributed by atoms with Crippen LogP contribution in [0.15, 0.2) is 48.0 Å². The number of anilines is 2. The van der Waals surface area contributed by atoms with Gasteiger partial charge in [-0.25, -0.2) is 0 Å². The molecule has 0 aromatic heterocycles. The summed E-state index contributed by atoms with van der Waals surface area (Å²) in [6.45, 7) is 5.06. The van der Waals surface area contributed by atoms with Gasteiger partial charge < -0.3 is 9.64 Å². The Labute approximate surface area is 185 Å². The normalized spacial score (nSPS) is 18.7. The SMILES string of the molecule is Cc1cc(N2CCOCC2)ccc1C=C1C(=O)NC(=S)N(c2ccc(Cl)cc2)C1=O. The molecule has 154 valence electrons. The number of amides is 2. The molecule has 1 N–H and O–H groups in total. The number of morpholine rings is 1. The number of nitrogens with zero attached hydrogens (tertiary/aromatic N) is 2. The average molecular weight is 442 g/mol. The minimum atomic E-state index is -0.508. The van der Waals surface area contributed by atoms with Crippen LogP contribution in [0.4, 0.5) is 11.4 Å². The predicted octanol–water partition coefficient (Wildman–Crippen LogP) is 3.32. The molecule has 2 aromatic carbocycles. The number of carbonyl (C=O) groups is 2. The lowest BCUT2D eigenvalue weighted by atomic mass is 10.0. The summed E-state index contributed by atoms with van der Waals surface area (Å²) >= 11 is 11.2. The first-order valence-electron chi connectivity index (χ1n) is 9.54. The maximum atomic E-state index is 13.1. The Morgan fingerprint density at radius 1 is 1.07 bits per heavy atom. The third-order valence-corrected chi connectivity index (χ3v) is 5.65. The van der Waals surface area contributed by atoms with Crippen molar-refractivity contribution in [3.05, 3.63) is 64.2 Å². The van der Waals surface area contributed by atoms with Crippen LogP contribution < -0.4 is 15.1 Å². The summed E-state index contributed by atoms with van der Waals surface area (Å²) in [5.74, 6) is -0.977. The minimum Gasteiger partial charge on any atom is -0.378 e. The van der Waals surface area contributed by atoms with Crippen molar-refractivity contribution < 1.29 is 14.3 Å². The Balaban J connectivity index is 1.64.